The van der Waals surface area contributed by atoms with Crippen LogP contribution in [0.1, 0.15) is 30.3 Å². The third kappa shape index (κ3) is 5.49. The second kappa shape index (κ2) is 11.5. The van der Waals surface area contributed by atoms with Gasteiger partial charge in [-0.15, -0.1) is 5.10 Å². The topological polar surface area (TPSA) is 178 Å². The number of aliphatic hydroxyl groups excluding tert-OH is 1. The van der Waals surface area contributed by atoms with Crippen molar-refractivity contribution in [3.63, 3.8) is 0 Å². The zero-order chi connectivity index (χ0) is 32.4. The molecule has 1 amide bonds. The minimum absolute atomic E-state index is 0.0611. The first kappa shape index (κ1) is 30.9. The molecule has 3 fully saturated rings. The van der Waals surface area contributed by atoms with Crippen LogP contribution < -0.4 is 9.80 Å². The van der Waals surface area contributed by atoms with Crippen molar-refractivity contribution in [2.24, 2.45) is 5.41 Å². The number of hydrogen-bond acceptors (Lipinski definition) is 14. The van der Waals surface area contributed by atoms with Crippen LogP contribution in [-0.2, 0) is 11.2 Å². The molecule has 3 aromatic heterocycles. The minimum atomic E-state index is -3.42. The molecule has 0 radical (unpaired) electrons. The highest BCUT2D eigenvalue weighted by Crippen LogP contribution is 2.44. The van der Waals surface area contributed by atoms with E-state index in [4.69, 9.17) is 5.10 Å². The van der Waals surface area contributed by atoms with E-state index in [0.717, 1.165) is 55.3 Å². The summed E-state index contributed by atoms with van der Waals surface area (Å²) in [6.07, 6.45) is -1.59. The Labute approximate surface area is 270 Å². The first-order valence-corrected chi connectivity index (χ1v) is 16.6. The van der Waals surface area contributed by atoms with Gasteiger partial charge in [-0.1, -0.05) is 29.6 Å². The van der Waals surface area contributed by atoms with Gasteiger partial charge in [0.25, 0.3) is 0 Å². The monoisotopic (exact) mass is 669 g/mol. The summed E-state index contributed by atoms with van der Waals surface area (Å²) in [5.41, 5.74) is 1.23. The Kier molecular flexibility index (Phi) is 7.71. The molecule has 0 atom stereocenters. The molecule has 242 valence electrons. The number of piperidine rings is 1. The second-order valence-electron chi connectivity index (χ2n) is 12.1. The molecule has 6 heterocycles. The smallest absolute Gasteiger partial charge is 0.377 e. The van der Waals surface area contributed by atoms with E-state index in [1.165, 1.54) is 40.1 Å². The maximum Gasteiger partial charge on any atom is 0.377 e. The zero-order valence-electron chi connectivity index (χ0n) is 24.9. The summed E-state index contributed by atoms with van der Waals surface area (Å²) in [6, 6.07) is 7.45. The van der Waals surface area contributed by atoms with E-state index in [1.54, 1.807) is 4.90 Å². The molecule has 0 unspecified atom stereocenters. The number of imidazole rings is 1. The molecule has 46 heavy (non-hydrogen) atoms. The van der Waals surface area contributed by atoms with Gasteiger partial charge in [0.15, 0.2) is 10.9 Å². The van der Waals surface area contributed by atoms with Crippen LogP contribution in [-0.4, -0.2) is 114 Å². The number of hydrogen-bond donors (Lipinski definition) is 4. The molecule has 7 rings (SSSR count). The van der Waals surface area contributed by atoms with Gasteiger partial charge in [-0.2, -0.15) is 9.78 Å². The summed E-state index contributed by atoms with van der Waals surface area (Å²) in [5, 5.41) is 56.5. The second-order valence-corrected chi connectivity index (χ2v) is 14.0. The number of nitrogens with zero attached hydrogens (tertiary/aromatic N) is 9. The Balaban J connectivity index is 1.12. The molecular weight excluding hydrogens is 638 g/mol. The van der Waals surface area contributed by atoms with Gasteiger partial charge in [-0.25, -0.2) is 19.3 Å². The van der Waals surface area contributed by atoms with Crippen molar-refractivity contribution in [1.29, 1.82) is 5.26 Å². The summed E-state index contributed by atoms with van der Waals surface area (Å²) in [5.74, 6) is -0.298. The zero-order valence-corrected chi connectivity index (χ0v) is 26.5. The number of anilines is 3. The highest BCUT2D eigenvalue weighted by Gasteiger charge is 2.46. The van der Waals surface area contributed by atoms with Gasteiger partial charge in [-0.3, -0.25) is 9.69 Å². The molecule has 17 heteroatoms. The van der Waals surface area contributed by atoms with Crippen LogP contribution in [0.15, 0.2) is 24.3 Å². The Morgan fingerprint density at radius 2 is 1.85 bits per heavy atom. The molecule has 3 aliphatic rings. The van der Waals surface area contributed by atoms with Crippen molar-refractivity contribution in [3.05, 3.63) is 40.7 Å². The number of aliphatic hydroxyl groups is 4. The van der Waals surface area contributed by atoms with E-state index in [-0.39, 0.29) is 32.8 Å². The lowest BCUT2D eigenvalue weighted by atomic mass is 9.72. The van der Waals surface area contributed by atoms with Crippen LogP contribution in [0.2, 0.25) is 0 Å². The van der Waals surface area contributed by atoms with E-state index >= 15 is 0 Å². The number of halogens is 1. The van der Waals surface area contributed by atoms with Gasteiger partial charge in [0.2, 0.25) is 16.0 Å². The van der Waals surface area contributed by atoms with Crippen molar-refractivity contribution >= 4 is 49.6 Å². The van der Waals surface area contributed by atoms with E-state index in [9.17, 15) is 34.9 Å². The number of nitriles is 1. The van der Waals surface area contributed by atoms with Crippen LogP contribution in [0.4, 0.5) is 20.5 Å². The largest absolute Gasteiger partial charge is 0.389 e. The van der Waals surface area contributed by atoms with Gasteiger partial charge in [0.1, 0.15) is 22.5 Å². The quantitative estimate of drug-likeness (QED) is 0.198. The van der Waals surface area contributed by atoms with Gasteiger partial charge in [0.05, 0.1) is 18.3 Å². The van der Waals surface area contributed by atoms with Crippen molar-refractivity contribution in [2.45, 2.75) is 38.4 Å². The first-order chi connectivity index (χ1) is 22.0. The van der Waals surface area contributed by atoms with E-state index in [1.807, 2.05) is 6.92 Å². The molecule has 0 aliphatic carbocycles. The molecule has 4 N–H and O–H groups in total. The average Bonchev–Trinajstić information content (AvgIpc) is 3.68. The predicted molar refractivity (Wildman–Crippen MR) is 167 cm³/mol. The summed E-state index contributed by atoms with van der Waals surface area (Å²) in [4.78, 5) is 29.0. The third-order valence-corrected chi connectivity index (χ3v) is 10.8. The molecule has 0 bridgehead atoms. The van der Waals surface area contributed by atoms with E-state index < -0.39 is 18.0 Å². The van der Waals surface area contributed by atoms with Crippen LogP contribution in [0.25, 0.3) is 16.2 Å². The summed E-state index contributed by atoms with van der Waals surface area (Å²) >= 11 is 2.18. The number of rotatable bonds is 8. The summed E-state index contributed by atoms with van der Waals surface area (Å²) in [7, 11) is 0. The summed E-state index contributed by atoms with van der Waals surface area (Å²) in [6.45, 7) is 6.26. The maximum atomic E-state index is 13.6. The van der Waals surface area contributed by atoms with Gasteiger partial charge in [-0.05, 0) is 48.9 Å². The molecular formula is C29H32FN9O5S2. The lowest BCUT2D eigenvalue weighted by Crippen LogP contribution is -2.63. The Morgan fingerprint density at radius 3 is 2.46 bits per heavy atom. The molecule has 3 aliphatic heterocycles. The number of aryl methyl sites for hydroxylation is 1. The van der Waals surface area contributed by atoms with Crippen molar-refractivity contribution in [1.82, 2.24) is 29.4 Å². The molecule has 14 nitrogen and oxygen atoms in total. The summed E-state index contributed by atoms with van der Waals surface area (Å²) < 4.78 is 15.0. The minimum Gasteiger partial charge on any atom is -0.389 e. The van der Waals surface area contributed by atoms with Crippen LogP contribution in [0, 0.1) is 22.6 Å². The van der Waals surface area contributed by atoms with Crippen molar-refractivity contribution in [2.75, 3.05) is 55.6 Å². The number of likely N-dealkylation sites (tertiary alicyclic amines) is 2. The Bertz CT molecular complexity index is 1810. The third-order valence-electron chi connectivity index (χ3n) is 8.90. The number of carbonyl (C=O) groups excluding carboxylic acids is 1. The SMILES string of the molecule is CCc1nc2sc(N3CCC4(CC3)CN(CC(=O)N3CC(O)C3)C4)nn2c1N(c1nc(-c2ccc(F)cc2)c(C#N)s1)C(O)(O)O. The molecule has 0 saturated carbocycles. The Morgan fingerprint density at radius 1 is 1.15 bits per heavy atom. The lowest BCUT2D eigenvalue weighted by molar-refractivity contribution is -0.304. The predicted octanol–water partition coefficient (Wildman–Crippen LogP) is 1.32. The average molecular weight is 670 g/mol. The number of aromatic nitrogens is 4. The molecule has 4 aromatic rings. The normalized spacial score (nSPS) is 18.5. The number of amides is 1. The van der Waals surface area contributed by atoms with Crippen LogP contribution >= 0.6 is 22.7 Å². The Hall–Kier alpha value is -3.76. The van der Waals surface area contributed by atoms with E-state index in [2.05, 4.69) is 25.8 Å². The number of thiazole rings is 1. The number of fused-ring (bicyclic) bond motifs is 1. The van der Waals surface area contributed by atoms with Crippen LogP contribution in [0.3, 0.4) is 0 Å². The first-order valence-electron chi connectivity index (χ1n) is 14.9. The van der Waals surface area contributed by atoms with Crippen molar-refractivity contribution < 1.29 is 29.6 Å². The van der Waals surface area contributed by atoms with E-state index in [0.29, 0.717) is 47.4 Å². The number of benzene rings is 1. The van der Waals surface area contributed by atoms with Crippen LogP contribution in [0.5, 0.6) is 0 Å². The van der Waals surface area contributed by atoms with Gasteiger partial charge < -0.3 is 30.2 Å². The fraction of sp³-hybridized carbons (Fsp3) is 0.483. The number of β-amino-alcohol motifs (C(OH)–C–C–N with tert-alkyl or cyclic N) is 1. The van der Waals surface area contributed by atoms with Gasteiger partial charge in [0, 0.05) is 44.8 Å². The molecule has 1 aromatic carbocycles. The number of carbonyl (C=O) groups is 1. The fourth-order valence-corrected chi connectivity index (χ4v) is 8.35. The molecule has 3 saturated heterocycles. The fourth-order valence-electron chi connectivity index (χ4n) is 6.46. The molecule has 1 spiro atoms. The van der Waals surface area contributed by atoms with Crippen molar-refractivity contribution in [3.8, 4) is 17.3 Å². The standard InChI is InChI=1S/C29H32FN9O5S2/c1-2-20-24(38(29(42,43)44)25-33-23(21(11-31)45-25)17-3-5-18(30)6-4-17)39-26(32-20)46-27(34-39)36-9-7-28(8-10-36)15-35(16-28)14-22(41)37-12-19(40)13-37/h3-6,19,40,42-44H,2,7-10,12-16H2,1H3. The highest BCUT2D eigenvalue weighted by molar-refractivity contribution is 7.20. The maximum absolute atomic E-state index is 13.6. The van der Waals surface area contributed by atoms with Gasteiger partial charge >= 0.3 is 6.10 Å². The highest BCUT2D eigenvalue weighted by atomic mass is 32.1. The lowest BCUT2D eigenvalue weighted by Gasteiger charge is -2.54.